The van der Waals surface area contributed by atoms with Crippen LogP contribution in [0.15, 0.2) is 48.8 Å². The fourth-order valence-electron chi connectivity index (χ4n) is 4.72. The Morgan fingerprint density at radius 1 is 1.13 bits per heavy atom. The van der Waals surface area contributed by atoms with Crippen LogP contribution in [-0.2, 0) is 0 Å². The van der Waals surface area contributed by atoms with Gasteiger partial charge in [0.15, 0.2) is 5.69 Å². The SMILES string of the molecule is Cc1ccc(-n2nccn2)c(C(=O)N2C3CC(C3)[C@@H](C)[C@@H]2COc2ccc(F)cc2)n1. The maximum absolute atomic E-state index is 13.8. The molecule has 0 N–H and O–H groups in total. The maximum Gasteiger partial charge on any atom is 0.275 e. The Bertz CT molecular complexity index is 1080. The zero-order chi connectivity index (χ0) is 21.5. The molecule has 1 aliphatic carbocycles. The first-order chi connectivity index (χ1) is 15.0. The molecule has 0 radical (unpaired) electrons. The molecule has 0 spiro atoms. The zero-order valence-corrected chi connectivity index (χ0v) is 17.5. The number of pyridine rings is 1. The highest BCUT2D eigenvalue weighted by molar-refractivity contribution is 5.96. The van der Waals surface area contributed by atoms with Gasteiger partial charge < -0.3 is 9.64 Å². The second-order valence-corrected chi connectivity index (χ2v) is 8.43. The van der Waals surface area contributed by atoms with Crippen LogP contribution in [0.4, 0.5) is 4.39 Å². The van der Waals surface area contributed by atoms with Crippen molar-refractivity contribution in [3.8, 4) is 11.4 Å². The lowest BCUT2D eigenvalue weighted by molar-refractivity contribution is -0.0673. The molecule has 2 bridgehead atoms. The van der Waals surface area contributed by atoms with Crippen LogP contribution in [0.5, 0.6) is 5.75 Å². The van der Waals surface area contributed by atoms with Crippen molar-refractivity contribution < 1.29 is 13.9 Å². The van der Waals surface area contributed by atoms with Crippen molar-refractivity contribution in [2.75, 3.05) is 6.61 Å². The number of amides is 1. The molecule has 1 saturated carbocycles. The molecule has 2 aromatic heterocycles. The van der Waals surface area contributed by atoms with E-state index in [0.29, 0.717) is 35.6 Å². The van der Waals surface area contributed by atoms with Gasteiger partial charge in [-0.25, -0.2) is 9.37 Å². The molecule has 31 heavy (non-hydrogen) atoms. The van der Waals surface area contributed by atoms with E-state index in [-0.39, 0.29) is 23.8 Å². The summed E-state index contributed by atoms with van der Waals surface area (Å²) in [5, 5.41) is 8.38. The normalized spacial score (nSPS) is 24.5. The highest BCUT2D eigenvalue weighted by atomic mass is 19.1. The second-order valence-electron chi connectivity index (χ2n) is 8.43. The van der Waals surface area contributed by atoms with E-state index in [1.165, 1.54) is 16.9 Å². The second kappa shape index (κ2) is 7.76. The molecule has 2 saturated heterocycles. The molecule has 160 valence electrons. The number of aryl methyl sites for hydroxylation is 1. The smallest absolute Gasteiger partial charge is 0.275 e. The number of aromatic nitrogens is 4. The van der Waals surface area contributed by atoms with Crippen molar-refractivity contribution in [2.45, 2.75) is 38.8 Å². The summed E-state index contributed by atoms with van der Waals surface area (Å²) in [7, 11) is 0. The molecule has 1 amide bonds. The van der Waals surface area contributed by atoms with Crippen LogP contribution in [0, 0.1) is 24.6 Å². The quantitative estimate of drug-likeness (QED) is 0.631. The fourth-order valence-corrected chi connectivity index (χ4v) is 4.72. The molecule has 7 nitrogen and oxygen atoms in total. The average molecular weight is 421 g/mol. The van der Waals surface area contributed by atoms with Gasteiger partial charge in [0, 0.05) is 11.7 Å². The molecule has 3 fully saturated rings. The Morgan fingerprint density at radius 3 is 2.55 bits per heavy atom. The molecular formula is C23H24FN5O2. The molecular weight excluding hydrogens is 397 g/mol. The third-order valence-corrected chi connectivity index (χ3v) is 6.57. The topological polar surface area (TPSA) is 73.1 Å². The van der Waals surface area contributed by atoms with Gasteiger partial charge in [0.05, 0.1) is 18.4 Å². The van der Waals surface area contributed by atoms with Gasteiger partial charge >= 0.3 is 0 Å². The lowest BCUT2D eigenvalue weighted by Gasteiger charge is -2.57. The first kappa shape index (κ1) is 19.7. The number of fused-ring (bicyclic) bond motifs is 2. The van der Waals surface area contributed by atoms with E-state index in [1.54, 1.807) is 24.5 Å². The van der Waals surface area contributed by atoms with Gasteiger partial charge in [-0.2, -0.15) is 10.2 Å². The molecule has 3 aliphatic rings. The number of benzene rings is 1. The van der Waals surface area contributed by atoms with Crippen LogP contribution in [-0.4, -0.2) is 49.5 Å². The Balaban J connectivity index is 1.45. The van der Waals surface area contributed by atoms with Gasteiger partial charge in [-0.3, -0.25) is 4.79 Å². The van der Waals surface area contributed by atoms with Crippen molar-refractivity contribution in [1.82, 2.24) is 24.9 Å². The Kier molecular flexibility index (Phi) is 4.92. The van der Waals surface area contributed by atoms with Crippen LogP contribution < -0.4 is 4.74 Å². The average Bonchev–Trinajstić information content (AvgIpc) is 3.27. The molecule has 4 heterocycles. The summed E-state index contributed by atoms with van der Waals surface area (Å²) < 4.78 is 19.2. The molecule has 3 aromatic rings. The first-order valence-electron chi connectivity index (χ1n) is 10.6. The number of nitrogens with zero attached hydrogens (tertiary/aromatic N) is 5. The Labute approximate surface area is 179 Å². The fraction of sp³-hybridized carbons (Fsp3) is 0.391. The van der Waals surface area contributed by atoms with E-state index >= 15 is 0 Å². The predicted octanol–water partition coefficient (Wildman–Crippen LogP) is 3.43. The third-order valence-electron chi connectivity index (χ3n) is 6.57. The number of halogens is 1. The van der Waals surface area contributed by atoms with Crippen LogP contribution >= 0.6 is 0 Å². The van der Waals surface area contributed by atoms with E-state index in [1.807, 2.05) is 24.0 Å². The summed E-state index contributed by atoms with van der Waals surface area (Å²) in [4.78, 5) is 21.8. The summed E-state index contributed by atoms with van der Waals surface area (Å²) in [5.41, 5.74) is 1.67. The van der Waals surface area contributed by atoms with Crippen LogP contribution in [0.2, 0.25) is 0 Å². The van der Waals surface area contributed by atoms with Gasteiger partial charge in [-0.15, -0.1) is 4.80 Å². The molecule has 2 atom stereocenters. The number of ether oxygens (including phenoxy) is 1. The van der Waals surface area contributed by atoms with E-state index < -0.39 is 0 Å². The number of hydrogen-bond acceptors (Lipinski definition) is 5. The predicted molar refractivity (Wildman–Crippen MR) is 111 cm³/mol. The van der Waals surface area contributed by atoms with E-state index in [4.69, 9.17) is 4.74 Å². The van der Waals surface area contributed by atoms with Crippen molar-refractivity contribution >= 4 is 5.91 Å². The van der Waals surface area contributed by atoms with Crippen LogP contribution in [0.1, 0.15) is 35.9 Å². The van der Waals surface area contributed by atoms with Crippen molar-refractivity contribution in [2.24, 2.45) is 11.8 Å². The molecule has 0 unspecified atom stereocenters. The maximum atomic E-state index is 13.8. The summed E-state index contributed by atoms with van der Waals surface area (Å²) >= 11 is 0. The van der Waals surface area contributed by atoms with Crippen LogP contribution in [0.25, 0.3) is 5.69 Å². The van der Waals surface area contributed by atoms with Crippen molar-refractivity contribution in [3.63, 3.8) is 0 Å². The highest BCUT2D eigenvalue weighted by Crippen LogP contribution is 2.47. The number of rotatable bonds is 5. The van der Waals surface area contributed by atoms with Gasteiger partial charge in [0.25, 0.3) is 5.91 Å². The monoisotopic (exact) mass is 421 g/mol. The highest BCUT2D eigenvalue weighted by Gasteiger charge is 2.51. The van der Waals surface area contributed by atoms with Gasteiger partial charge in [0.1, 0.15) is 23.9 Å². The zero-order valence-electron chi connectivity index (χ0n) is 17.5. The Morgan fingerprint density at radius 2 is 1.84 bits per heavy atom. The lowest BCUT2D eigenvalue weighted by Crippen LogP contribution is -2.64. The van der Waals surface area contributed by atoms with Gasteiger partial charge in [0.2, 0.25) is 0 Å². The molecule has 1 aromatic carbocycles. The van der Waals surface area contributed by atoms with Crippen LogP contribution in [0.3, 0.4) is 0 Å². The first-order valence-corrected chi connectivity index (χ1v) is 10.6. The lowest BCUT2D eigenvalue weighted by atomic mass is 9.64. The number of piperidine rings is 2. The molecule has 6 rings (SSSR count). The summed E-state index contributed by atoms with van der Waals surface area (Å²) in [6.45, 7) is 4.40. The van der Waals surface area contributed by atoms with Gasteiger partial charge in [-0.05, 0) is 68.0 Å². The van der Waals surface area contributed by atoms with Crippen molar-refractivity contribution in [1.29, 1.82) is 0 Å². The minimum Gasteiger partial charge on any atom is -0.491 e. The number of hydrogen-bond donors (Lipinski definition) is 0. The molecule has 8 heteroatoms. The third kappa shape index (κ3) is 3.56. The number of carbonyl (C=O) groups excluding carboxylic acids is 1. The summed E-state index contributed by atoms with van der Waals surface area (Å²) in [5.74, 6) is 1.05. The van der Waals surface area contributed by atoms with Gasteiger partial charge in [-0.1, -0.05) is 6.92 Å². The summed E-state index contributed by atoms with van der Waals surface area (Å²) in [6.07, 6.45) is 5.15. The largest absolute Gasteiger partial charge is 0.491 e. The summed E-state index contributed by atoms with van der Waals surface area (Å²) in [6, 6.07) is 9.74. The minimum absolute atomic E-state index is 0.0872. The number of carbonyl (C=O) groups is 1. The minimum atomic E-state index is -0.304. The van der Waals surface area contributed by atoms with E-state index in [2.05, 4.69) is 22.1 Å². The van der Waals surface area contributed by atoms with E-state index in [0.717, 1.165) is 18.5 Å². The standard InChI is InChI=1S/C23H24FN5O2/c1-14-3-8-20(29-25-9-10-26-29)22(27-14)23(30)28-18-11-16(12-18)15(2)21(28)13-31-19-6-4-17(24)5-7-19/h3-10,15-16,18,21H,11-13H2,1-2H3/t15-,16?,18?,21+/m1/s1. The molecule has 2 aliphatic heterocycles. The Hall–Kier alpha value is -3.29. The van der Waals surface area contributed by atoms with E-state index in [9.17, 15) is 9.18 Å². The van der Waals surface area contributed by atoms with Crippen molar-refractivity contribution in [3.05, 3.63) is 66.0 Å².